The number of alkyl halides is 3. The minimum Gasteiger partial charge on any atom is -0.406 e. The highest BCUT2D eigenvalue weighted by Gasteiger charge is 2.38. The lowest BCUT2D eigenvalue weighted by molar-refractivity contribution is -0.274. The number of likely N-dealkylation sites (N-methyl/N-ethyl adjacent to an activating group) is 1. The van der Waals surface area contributed by atoms with Crippen LogP contribution in [0.5, 0.6) is 5.75 Å². The third-order valence-corrected chi connectivity index (χ3v) is 4.32. The number of hydrogen-bond acceptors (Lipinski definition) is 5. The Hall–Kier alpha value is -3.82. The zero-order valence-electron chi connectivity index (χ0n) is 16.5. The first kappa shape index (κ1) is 21.9. The van der Waals surface area contributed by atoms with E-state index in [1.807, 2.05) is 0 Å². The summed E-state index contributed by atoms with van der Waals surface area (Å²) in [6.45, 7) is 3.11. The number of imide groups is 1. The molecular weight excluding hydrogens is 415 g/mol. The number of ether oxygens (including phenoxy) is 1. The van der Waals surface area contributed by atoms with E-state index in [9.17, 15) is 27.6 Å². The molecular formula is C21H18F3N3O4. The summed E-state index contributed by atoms with van der Waals surface area (Å²) in [5.41, 5.74) is 1.07. The van der Waals surface area contributed by atoms with Crippen molar-refractivity contribution in [3.63, 3.8) is 0 Å². The summed E-state index contributed by atoms with van der Waals surface area (Å²) in [5, 5.41) is 5.36. The van der Waals surface area contributed by atoms with Gasteiger partial charge in [-0.15, -0.1) is 13.2 Å². The second-order valence-electron chi connectivity index (χ2n) is 6.56. The van der Waals surface area contributed by atoms with Gasteiger partial charge in [-0.3, -0.25) is 19.3 Å². The summed E-state index contributed by atoms with van der Waals surface area (Å²) in [4.78, 5) is 37.8. The van der Waals surface area contributed by atoms with Crippen molar-refractivity contribution < 1.29 is 32.3 Å². The molecule has 0 atom stereocenters. The highest BCUT2D eigenvalue weighted by atomic mass is 19.4. The largest absolute Gasteiger partial charge is 0.573 e. The first-order valence-electron chi connectivity index (χ1n) is 9.20. The normalized spacial score (nSPS) is 14.2. The Kier molecular flexibility index (Phi) is 6.00. The predicted octanol–water partition coefficient (Wildman–Crippen LogP) is 3.76. The maximum atomic E-state index is 12.8. The molecule has 1 aliphatic rings. The van der Waals surface area contributed by atoms with Crippen LogP contribution < -0.4 is 15.4 Å². The minimum atomic E-state index is -4.86. The lowest BCUT2D eigenvalue weighted by Crippen LogP contribution is -2.32. The van der Waals surface area contributed by atoms with E-state index < -0.39 is 23.9 Å². The zero-order chi connectivity index (χ0) is 22.8. The summed E-state index contributed by atoms with van der Waals surface area (Å²) in [5.74, 6) is -1.87. The number of benzene rings is 2. The van der Waals surface area contributed by atoms with Crippen LogP contribution in [0.4, 0.5) is 24.5 Å². The van der Waals surface area contributed by atoms with E-state index in [0.717, 1.165) is 17.0 Å². The second kappa shape index (κ2) is 8.50. The van der Waals surface area contributed by atoms with Crippen LogP contribution in [0.2, 0.25) is 0 Å². The first-order valence-corrected chi connectivity index (χ1v) is 9.20. The highest BCUT2D eigenvalue weighted by molar-refractivity contribution is 6.36. The maximum absolute atomic E-state index is 12.8. The van der Waals surface area contributed by atoms with E-state index in [0.29, 0.717) is 11.3 Å². The van der Waals surface area contributed by atoms with Gasteiger partial charge in [0.25, 0.3) is 11.8 Å². The molecule has 0 aromatic heterocycles. The van der Waals surface area contributed by atoms with Crippen molar-refractivity contribution in [2.75, 3.05) is 17.2 Å². The Morgan fingerprint density at radius 2 is 1.71 bits per heavy atom. The topological polar surface area (TPSA) is 87.7 Å². The molecule has 3 amide bonds. The number of halogens is 3. The van der Waals surface area contributed by atoms with Crippen LogP contribution in [0.25, 0.3) is 5.57 Å². The Bertz CT molecular complexity index is 1060. The molecule has 1 heterocycles. The summed E-state index contributed by atoms with van der Waals surface area (Å²) < 4.78 is 41.4. The number of anilines is 2. The van der Waals surface area contributed by atoms with E-state index in [1.165, 1.54) is 19.1 Å². The smallest absolute Gasteiger partial charge is 0.406 e. The van der Waals surface area contributed by atoms with Crippen molar-refractivity contribution in [1.82, 2.24) is 4.90 Å². The van der Waals surface area contributed by atoms with Crippen LogP contribution in [0, 0.1) is 0 Å². The van der Waals surface area contributed by atoms with Crippen molar-refractivity contribution in [2.45, 2.75) is 20.2 Å². The van der Waals surface area contributed by atoms with Crippen molar-refractivity contribution in [3.05, 3.63) is 59.8 Å². The fourth-order valence-corrected chi connectivity index (χ4v) is 3.09. The van der Waals surface area contributed by atoms with Crippen molar-refractivity contribution >= 4 is 34.7 Å². The van der Waals surface area contributed by atoms with E-state index in [-0.39, 0.29) is 29.4 Å². The number of hydrogen-bond donors (Lipinski definition) is 2. The number of nitrogens with one attached hydrogen (secondary N) is 2. The molecule has 2 aromatic rings. The molecule has 0 unspecified atom stereocenters. The van der Waals surface area contributed by atoms with E-state index in [4.69, 9.17) is 0 Å². The number of amides is 3. The van der Waals surface area contributed by atoms with Gasteiger partial charge < -0.3 is 15.4 Å². The van der Waals surface area contributed by atoms with E-state index in [2.05, 4.69) is 15.4 Å². The maximum Gasteiger partial charge on any atom is 0.573 e. The lowest BCUT2D eigenvalue weighted by atomic mass is 10.0. The summed E-state index contributed by atoms with van der Waals surface area (Å²) in [6.07, 6.45) is -4.86. The fourth-order valence-electron chi connectivity index (χ4n) is 3.09. The average Bonchev–Trinajstić information content (AvgIpc) is 2.90. The number of nitrogens with zero attached hydrogens (tertiary/aromatic N) is 1. The van der Waals surface area contributed by atoms with Crippen LogP contribution in [0.1, 0.15) is 19.4 Å². The minimum absolute atomic E-state index is 0.0664. The molecule has 0 bridgehead atoms. The molecule has 0 spiro atoms. The van der Waals surface area contributed by atoms with Crippen molar-refractivity contribution in [2.24, 2.45) is 0 Å². The summed E-state index contributed by atoms with van der Waals surface area (Å²) in [7, 11) is 0. The lowest BCUT2D eigenvalue weighted by Gasteiger charge is -2.13. The highest BCUT2D eigenvalue weighted by Crippen LogP contribution is 2.32. The van der Waals surface area contributed by atoms with Crippen LogP contribution >= 0.6 is 0 Å². The Morgan fingerprint density at radius 1 is 1.03 bits per heavy atom. The van der Waals surface area contributed by atoms with Gasteiger partial charge in [-0.25, -0.2) is 0 Å². The predicted molar refractivity (Wildman–Crippen MR) is 107 cm³/mol. The Labute approximate surface area is 175 Å². The molecule has 31 heavy (non-hydrogen) atoms. The SMILES string of the molecule is CCN1C(=O)C(Nc2cccc(OC(F)(F)F)c2)=C(c2ccc(NC(C)=O)cc2)C1=O. The average molecular weight is 433 g/mol. The molecule has 0 radical (unpaired) electrons. The fraction of sp³-hybridized carbons (Fsp3) is 0.190. The Morgan fingerprint density at radius 3 is 2.29 bits per heavy atom. The van der Waals surface area contributed by atoms with Crippen LogP contribution in [0.3, 0.4) is 0 Å². The summed E-state index contributed by atoms with van der Waals surface area (Å²) >= 11 is 0. The second-order valence-corrected chi connectivity index (χ2v) is 6.56. The number of carbonyl (C=O) groups excluding carboxylic acids is 3. The molecule has 1 aliphatic heterocycles. The van der Waals surface area contributed by atoms with Gasteiger partial charge in [0.2, 0.25) is 5.91 Å². The van der Waals surface area contributed by atoms with Gasteiger partial charge in [-0.2, -0.15) is 0 Å². The standard InChI is InChI=1S/C21H18F3N3O4/c1-3-27-19(29)17(13-7-9-14(10-8-13)25-12(2)28)18(20(27)30)26-15-5-4-6-16(11-15)31-21(22,23)24/h4-11,26H,3H2,1-2H3,(H,25,28). The molecule has 0 fully saturated rings. The molecule has 2 N–H and O–H groups in total. The van der Waals surface area contributed by atoms with Crippen LogP contribution in [0.15, 0.2) is 54.2 Å². The molecule has 10 heteroatoms. The molecule has 0 saturated carbocycles. The molecule has 2 aromatic carbocycles. The van der Waals surface area contributed by atoms with Gasteiger partial charge >= 0.3 is 6.36 Å². The number of rotatable bonds is 6. The van der Waals surface area contributed by atoms with Crippen molar-refractivity contribution in [1.29, 1.82) is 0 Å². The van der Waals surface area contributed by atoms with Gasteiger partial charge in [-0.1, -0.05) is 18.2 Å². The van der Waals surface area contributed by atoms with Crippen molar-refractivity contribution in [3.8, 4) is 5.75 Å². The zero-order valence-corrected chi connectivity index (χ0v) is 16.5. The third kappa shape index (κ3) is 5.03. The molecule has 3 rings (SSSR count). The van der Waals surface area contributed by atoms with Gasteiger partial charge in [0.05, 0.1) is 5.57 Å². The monoisotopic (exact) mass is 433 g/mol. The van der Waals surface area contributed by atoms with Gasteiger partial charge in [0, 0.05) is 30.9 Å². The van der Waals surface area contributed by atoms with Crippen LogP contribution in [-0.2, 0) is 14.4 Å². The van der Waals surface area contributed by atoms with Gasteiger partial charge in [0.1, 0.15) is 11.4 Å². The molecule has 0 saturated heterocycles. The summed E-state index contributed by atoms with van der Waals surface area (Å²) in [6, 6.07) is 11.2. The third-order valence-electron chi connectivity index (χ3n) is 4.32. The van der Waals surface area contributed by atoms with Gasteiger partial charge in [-0.05, 0) is 36.8 Å². The molecule has 7 nitrogen and oxygen atoms in total. The van der Waals surface area contributed by atoms with E-state index in [1.54, 1.807) is 31.2 Å². The van der Waals surface area contributed by atoms with Gasteiger partial charge in [0.15, 0.2) is 0 Å². The number of carbonyl (C=O) groups is 3. The quantitative estimate of drug-likeness (QED) is 0.678. The molecule has 0 aliphatic carbocycles. The van der Waals surface area contributed by atoms with E-state index >= 15 is 0 Å². The Balaban J connectivity index is 1.98. The molecule has 162 valence electrons. The van der Waals surface area contributed by atoms with Crippen LogP contribution in [-0.4, -0.2) is 35.5 Å². The first-order chi connectivity index (χ1) is 14.6.